The molecule has 0 aliphatic carbocycles. The first-order valence-corrected chi connectivity index (χ1v) is 13.4. The molecule has 3 heterocycles. The van der Waals surface area contributed by atoms with Crippen molar-refractivity contribution in [1.82, 2.24) is 9.80 Å². The third kappa shape index (κ3) is 6.82. The maximum atomic E-state index is 13.3. The molecule has 2 saturated heterocycles. The van der Waals surface area contributed by atoms with E-state index in [0.29, 0.717) is 45.6 Å². The standard InChI is InChI=1S/C28H39ClN2O5/c1-4-5-23-6-7-24(36-23)17-30-12-13-35-28(18-30,16-26(33)31-10-8-22(32)9-11-31)19-34-25-14-20(2)27(29)21(3)15-25/h6-7,14-15,22,32H,4-5,8-13,16-19H2,1-3H3. The number of carbonyl (C=O) groups excluding carboxylic acids is 1. The van der Waals surface area contributed by atoms with Gasteiger partial charge in [0.15, 0.2) is 0 Å². The molecule has 1 atom stereocenters. The summed E-state index contributed by atoms with van der Waals surface area (Å²) in [6.07, 6.45) is 3.11. The molecule has 1 N–H and O–H groups in total. The van der Waals surface area contributed by atoms with Gasteiger partial charge in [-0.25, -0.2) is 0 Å². The summed E-state index contributed by atoms with van der Waals surface area (Å²) in [5, 5.41) is 10.6. The van der Waals surface area contributed by atoms with Crippen LogP contribution in [0, 0.1) is 13.8 Å². The van der Waals surface area contributed by atoms with E-state index in [-0.39, 0.29) is 25.0 Å². The summed E-state index contributed by atoms with van der Waals surface area (Å²) in [5.74, 6) is 2.69. The first-order chi connectivity index (χ1) is 17.3. The van der Waals surface area contributed by atoms with E-state index in [0.717, 1.165) is 52.8 Å². The summed E-state index contributed by atoms with van der Waals surface area (Å²) in [7, 11) is 0. The number of nitrogens with zero attached hydrogens (tertiary/aromatic N) is 2. The number of amides is 1. The highest BCUT2D eigenvalue weighted by Crippen LogP contribution is 2.30. The summed E-state index contributed by atoms with van der Waals surface area (Å²) >= 11 is 6.34. The van der Waals surface area contributed by atoms with Crippen LogP contribution in [0.1, 0.15) is 55.3 Å². The van der Waals surface area contributed by atoms with Crippen LogP contribution in [0.4, 0.5) is 0 Å². The van der Waals surface area contributed by atoms with Crippen molar-refractivity contribution in [3.8, 4) is 5.75 Å². The normalized spacial score (nSPS) is 21.6. The van der Waals surface area contributed by atoms with Crippen molar-refractivity contribution < 1.29 is 23.8 Å². The van der Waals surface area contributed by atoms with Gasteiger partial charge >= 0.3 is 0 Å². The Kier molecular flexibility index (Phi) is 8.99. The van der Waals surface area contributed by atoms with E-state index in [1.807, 2.05) is 36.9 Å². The molecule has 7 nitrogen and oxygen atoms in total. The van der Waals surface area contributed by atoms with Gasteiger partial charge in [0.05, 0.1) is 25.7 Å². The van der Waals surface area contributed by atoms with E-state index in [9.17, 15) is 9.90 Å². The zero-order chi connectivity index (χ0) is 25.7. The van der Waals surface area contributed by atoms with Gasteiger partial charge < -0.3 is 23.9 Å². The van der Waals surface area contributed by atoms with Crippen molar-refractivity contribution in [2.75, 3.05) is 39.4 Å². The first-order valence-electron chi connectivity index (χ1n) is 13.1. The van der Waals surface area contributed by atoms with Gasteiger partial charge in [0.25, 0.3) is 0 Å². The largest absolute Gasteiger partial charge is 0.490 e. The smallest absolute Gasteiger partial charge is 0.225 e. The van der Waals surface area contributed by atoms with Gasteiger partial charge in [-0.1, -0.05) is 18.5 Å². The summed E-state index contributed by atoms with van der Waals surface area (Å²) in [6, 6.07) is 7.95. The summed E-state index contributed by atoms with van der Waals surface area (Å²) in [4.78, 5) is 17.5. The Hall–Kier alpha value is -2.06. The molecule has 0 radical (unpaired) electrons. The van der Waals surface area contributed by atoms with Crippen molar-refractivity contribution in [3.63, 3.8) is 0 Å². The molecule has 2 aliphatic rings. The number of carbonyl (C=O) groups is 1. The fraction of sp³-hybridized carbons (Fsp3) is 0.607. The van der Waals surface area contributed by atoms with Gasteiger partial charge in [0.1, 0.15) is 29.5 Å². The number of hydrogen-bond acceptors (Lipinski definition) is 6. The number of halogens is 1. The number of aliphatic hydroxyl groups is 1. The molecule has 2 fully saturated rings. The Labute approximate surface area is 219 Å². The van der Waals surface area contributed by atoms with Gasteiger partial charge in [-0.3, -0.25) is 9.69 Å². The minimum atomic E-state index is -0.786. The maximum absolute atomic E-state index is 13.3. The van der Waals surface area contributed by atoms with Gasteiger partial charge in [0, 0.05) is 37.6 Å². The predicted molar refractivity (Wildman–Crippen MR) is 140 cm³/mol. The van der Waals surface area contributed by atoms with Crippen LogP contribution in [-0.2, 0) is 22.5 Å². The SMILES string of the molecule is CCCc1ccc(CN2CCOC(COc3cc(C)c(Cl)c(C)c3)(CC(=O)N3CCC(O)CC3)C2)o1. The van der Waals surface area contributed by atoms with Crippen LogP contribution in [0.2, 0.25) is 5.02 Å². The minimum absolute atomic E-state index is 0.0408. The van der Waals surface area contributed by atoms with Gasteiger partial charge in [0.2, 0.25) is 5.91 Å². The molecule has 0 spiro atoms. The lowest BCUT2D eigenvalue weighted by Crippen LogP contribution is -2.57. The van der Waals surface area contributed by atoms with Crippen molar-refractivity contribution in [2.45, 2.75) is 71.1 Å². The third-order valence-corrected chi connectivity index (χ3v) is 7.72. The van der Waals surface area contributed by atoms with Gasteiger partial charge in [-0.2, -0.15) is 0 Å². The van der Waals surface area contributed by atoms with Crippen molar-refractivity contribution in [3.05, 3.63) is 51.9 Å². The fourth-order valence-electron chi connectivity index (χ4n) is 5.12. The van der Waals surface area contributed by atoms with Crippen LogP contribution in [-0.4, -0.2) is 71.9 Å². The average molecular weight is 519 g/mol. The Morgan fingerprint density at radius 3 is 2.56 bits per heavy atom. The highest BCUT2D eigenvalue weighted by molar-refractivity contribution is 6.32. The molecular formula is C28H39ClN2O5. The minimum Gasteiger partial charge on any atom is -0.490 e. The fourth-order valence-corrected chi connectivity index (χ4v) is 5.23. The second-order valence-electron chi connectivity index (χ2n) is 10.3. The molecule has 1 aromatic carbocycles. The maximum Gasteiger partial charge on any atom is 0.225 e. The number of piperidine rings is 1. The number of ether oxygens (including phenoxy) is 2. The summed E-state index contributed by atoms with van der Waals surface area (Å²) in [5.41, 5.74) is 1.12. The monoisotopic (exact) mass is 518 g/mol. The number of aliphatic hydroxyl groups excluding tert-OH is 1. The van der Waals surface area contributed by atoms with Crippen LogP contribution in [0.3, 0.4) is 0 Å². The number of furan rings is 1. The van der Waals surface area contributed by atoms with E-state index in [2.05, 4.69) is 17.9 Å². The van der Waals surface area contributed by atoms with Crippen molar-refractivity contribution >= 4 is 17.5 Å². The van der Waals surface area contributed by atoms with Gasteiger partial charge in [-0.05, 0) is 68.5 Å². The number of likely N-dealkylation sites (tertiary alicyclic amines) is 1. The molecular weight excluding hydrogens is 480 g/mol. The van der Waals surface area contributed by atoms with E-state index < -0.39 is 5.60 Å². The molecule has 8 heteroatoms. The third-order valence-electron chi connectivity index (χ3n) is 7.12. The number of benzene rings is 1. The lowest BCUT2D eigenvalue weighted by Gasteiger charge is -2.43. The second kappa shape index (κ2) is 12.0. The molecule has 4 rings (SSSR count). The topological polar surface area (TPSA) is 75.4 Å². The van der Waals surface area contributed by atoms with Crippen LogP contribution in [0.5, 0.6) is 5.75 Å². The number of hydrogen-bond donors (Lipinski definition) is 1. The zero-order valence-corrected chi connectivity index (χ0v) is 22.5. The lowest BCUT2D eigenvalue weighted by atomic mass is 9.95. The molecule has 1 amide bonds. The number of aryl methyl sites for hydroxylation is 3. The highest BCUT2D eigenvalue weighted by Gasteiger charge is 2.41. The Bertz CT molecular complexity index is 1010. The Balaban J connectivity index is 1.49. The summed E-state index contributed by atoms with van der Waals surface area (Å²) in [6.45, 7) is 9.95. The first kappa shape index (κ1) is 27.0. The van der Waals surface area contributed by atoms with Crippen LogP contribution < -0.4 is 4.74 Å². The van der Waals surface area contributed by atoms with Crippen LogP contribution in [0.25, 0.3) is 0 Å². The zero-order valence-electron chi connectivity index (χ0n) is 21.7. The molecule has 0 saturated carbocycles. The highest BCUT2D eigenvalue weighted by atomic mass is 35.5. The lowest BCUT2D eigenvalue weighted by molar-refractivity contribution is -0.158. The molecule has 0 bridgehead atoms. The number of rotatable bonds is 9. The van der Waals surface area contributed by atoms with Crippen LogP contribution >= 0.6 is 11.6 Å². The quantitative estimate of drug-likeness (QED) is 0.526. The van der Waals surface area contributed by atoms with Crippen LogP contribution in [0.15, 0.2) is 28.7 Å². The molecule has 2 aromatic rings. The molecule has 198 valence electrons. The molecule has 1 aromatic heterocycles. The second-order valence-corrected chi connectivity index (χ2v) is 10.7. The molecule has 1 unspecified atom stereocenters. The van der Waals surface area contributed by atoms with E-state index in [1.165, 1.54) is 0 Å². The van der Waals surface area contributed by atoms with E-state index >= 15 is 0 Å². The van der Waals surface area contributed by atoms with E-state index in [1.54, 1.807) is 0 Å². The van der Waals surface area contributed by atoms with Crippen molar-refractivity contribution in [2.24, 2.45) is 0 Å². The predicted octanol–water partition coefficient (Wildman–Crippen LogP) is 4.53. The van der Waals surface area contributed by atoms with Crippen molar-refractivity contribution in [1.29, 1.82) is 0 Å². The van der Waals surface area contributed by atoms with E-state index in [4.69, 9.17) is 25.5 Å². The number of morpholine rings is 1. The Morgan fingerprint density at radius 1 is 1.17 bits per heavy atom. The summed E-state index contributed by atoms with van der Waals surface area (Å²) < 4.78 is 18.6. The average Bonchev–Trinajstić information content (AvgIpc) is 3.28. The molecule has 2 aliphatic heterocycles. The molecule has 36 heavy (non-hydrogen) atoms. The Morgan fingerprint density at radius 2 is 1.86 bits per heavy atom. The van der Waals surface area contributed by atoms with Gasteiger partial charge in [-0.15, -0.1) is 0 Å².